The second-order valence-corrected chi connectivity index (χ2v) is 8.75. The van der Waals surface area contributed by atoms with Gasteiger partial charge in [-0.05, 0) is 56.7 Å². The standard InChI is InChI=1S/C20H24BrN3O3/c1-12-10-14-6-5-9-23(16(14)11-15(12)21)17(25)13(2)24-18(26)20(22-19(24)27)7-3-4-8-20/h10-11,13H,3-9H2,1-2H3,(H,22,27)/t13-/m1/s1. The molecule has 27 heavy (non-hydrogen) atoms. The number of urea groups is 1. The maximum atomic E-state index is 13.3. The lowest BCUT2D eigenvalue weighted by atomic mass is 9.97. The molecule has 1 aromatic carbocycles. The van der Waals surface area contributed by atoms with E-state index in [1.54, 1.807) is 11.8 Å². The summed E-state index contributed by atoms with van der Waals surface area (Å²) >= 11 is 3.55. The molecule has 4 amide bonds. The summed E-state index contributed by atoms with van der Waals surface area (Å²) in [6, 6.07) is 2.82. The van der Waals surface area contributed by atoms with Crippen molar-refractivity contribution in [3.8, 4) is 0 Å². The quantitative estimate of drug-likeness (QED) is 0.727. The third-order valence-corrected chi connectivity index (χ3v) is 6.99. The molecule has 2 fully saturated rings. The molecule has 1 N–H and O–H groups in total. The summed E-state index contributed by atoms with van der Waals surface area (Å²) in [6.45, 7) is 4.29. The van der Waals surface area contributed by atoms with Crippen molar-refractivity contribution in [2.75, 3.05) is 11.4 Å². The van der Waals surface area contributed by atoms with E-state index in [0.29, 0.717) is 19.4 Å². The van der Waals surface area contributed by atoms with E-state index in [0.717, 1.165) is 51.9 Å². The van der Waals surface area contributed by atoms with Crippen LogP contribution in [-0.4, -0.2) is 40.9 Å². The molecule has 0 radical (unpaired) electrons. The molecule has 1 atom stereocenters. The van der Waals surface area contributed by atoms with E-state index >= 15 is 0 Å². The van der Waals surface area contributed by atoms with Crippen molar-refractivity contribution in [2.45, 2.75) is 64.0 Å². The van der Waals surface area contributed by atoms with Gasteiger partial charge in [0.2, 0.25) is 5.91 Å². The number of nitrogens with one attached hydrogen (secondary N) is 1. The minimum Gasteiger partial charge on any atom is -0.323 e. The molecule has 0 aromatic heterocycles. The highest BCUT2D eigenvalue weighted by Crippen LogP contribution is 2.37. The van der Waals surface area contributed by atoms with Crippen LogP contribution in [0.2, 0.25) is 0 Å². The van der Waals surface area contributed by atoms with Crippen LogP contribution in [0.3, 0.4) is 0 Å². The zero-order valence-corrected chi connectivity index (χ0v) is 17.3. The number of carbonyl (C=O) groups is 3. The minimum absolute atomic E-state index is 0.203. The number of hydrogen-bond acceptors (Lipinski definition) is 3. The van der Waals surface area contributed by atoms with Gasteiger partial charge in [-0.2, -0.15) is 0 Å². The van der Waals surface area contributed by atoms with Gasteiger partial charge in [0.05, 0.1) is 0 Å². The fraction of sp³-hybridized carbons (Fsp3) is 0.550. The van der Waals surface area contributed by atoms with E-state index in [2.05, 4.69) is 27.3 Å². The summed E-state index contributed by atoms with van der Waals surface area (Å²) in [6.07, 6.45) is 4.97. The fourth-order valence-electron chi connectivity index (χ4n) is 4.61. The van der Waals surface area contributed by atoms with Gasteiger partial charge in [0.15, 0.2) is 0 Å². The second-order valence-electron chi connectivity index (χ2n) is 7.89. The van der Waals surface area contributed by atoms with E-state index in [1.807, 2.05) is 13.0 Å². The molecule has 6 nitrogen and oxygen atoms in total. The predicted octanol–water partition coefficient (Wildman–Crippen LogP) is 3.29. The number of imide groups is 1. The van der Waals surface area contributed by atoms with Crippen molar-refractivity contribution in [3.63, 3.8) is 0 Å². The second kappa shape index (κ2) is 6.62. The largest absolute Gasteiger partial charge is 0.325 e. The minimum atomic E-state index is -0.816. The molecule has 4 rings (SSSR count). The number of rotatable bonds is 2. The van der Waals surface area contributed by atoms with Crippen molar-refractivity contribution < 1.29 is 14.4 Å². The number of hydrogen-bond donors (Lipinski definition) is 1. The smallest absolute Gasteiger partial charge is 0.323 e. The van der Waals surface area contributed by atoms with Gasteiger partial charge in [-0.1, -0.05) is 34.8 Å². The van der Waals surface area contributed by atoms with Crippen LogP contribution in [0.15, 0.2) is 16.6 Å². The molecular formula is C20H24BrN3O3. The first kappa shape index (κ1) is 18.5. The Labute approximate surface area is 167 Å². The van der Waals surface area contributed by atoms with Crippen LogP contribution >= 0.6 is 15.9 Å². The first-order chi connectivity index (χ1) is 12.8. The normalized spacial score (nSPS) is 22.2. The molecule has 1 aromatic rings. The van der Waals surface area contributed by atoms with Crippen LogP contribution in [0.25, 0.3) is 0 Å². The third kappa shape index (κ3) is 2.87. The van der Waals surface area contributed by atoms with Gasteiger partial charge in [0, 0.05) is 16.7 Å². The Balaban J connectivity index is 1.62. The molecule has 1 saturated carbocycles. The van der Waals surface area contributed by atoms with Crippen LogP contribution in [0, 0.1) is 6.92 Å². The van der Waals surface area contributed by atoms with Crippen molar-refractivity contribution in [3.05, 3.63) is 27.7 Å². The zero-order valence-electron chi connectivity index (χ0n) is 15.7. The fourth-order valence-corrected chi connectivity index (χ4v) is 4.94. The van der Waals surface area contributed by atoms with E-state index in [4.69, 9.17) is 0 Å². The number of amides is 4. The number of carbonyl (C=O) groups excluding carboxylic acids is 3. The molecule has 1 spiro atoms. The van der Waals surface area contributed by atoms with E-state index < -0.39 is 17.6 Å². The van der Waals surface area contributed by atoms with Crippen molar-refractivity contribution in [2.24, 2.45) is 0 Å². The molecule has 0 unspecified atom stereocenters. The SMILES string of the molecule is Cc1cc2c(cc1Br)N(C(=O)[C@@H](C)N1C(=O)NC3(CCCC3)C1=O)CCC2. The van der Waals surface area contributed by atoms with Gasteiger partial charge >= 0.3 is 6.03 Å². The average molecular weight is 434 g/mol. The molecule has 0 bridgehead atoms. The van der Waals surface area contributed by atoms with Gasteiger partial charge in [0.25, 0.3) is 5.91 Å². The Morgan fingerprint density at radius 1 is 1.22 bits per heavy atom. The number of halogens is 1. The Hall–Kier alpha value is -1.89. The average Bonchev–Trinajstić information content (AvgIpc) is 3.20. The van der Waals surface area contributed by atoms with Crippen LogP contribution in [-0.2, 0) is 16.0 Å². The maximum Gasteiger partial charge on any atom is 0.325 e. The molecule has 144 valence electrons. The van der Waals surface area contributed by atoms with Gasteiger partial charge in [0.1, 0.15) is 11.6 Å². The summed E-state index contributed by atoms with van der Waals surface area (Å²) in [4.78, 5) is 41.7. The lowest BCUT2D eigenvalue weighted by molar-refractivity contribution is -0.137. The van der Waals surface area contributed by atoms with Gasteiger partial charge < -0.3 is 10.2 Å². The summed E-state index contributed by atoms with van der Waals surface area (Å²) in [7, 11) is 0. The molecule has 2 aliphatic heterocycles. The molecular weight excluding hydrogens is 410 g/mol. The Bertz CT molecular complexity index is 832. The van der Waals surface area contributed by atoms with Crippen molar-refractivity contribution >= 4 is 39.5 Å². The van der Waals surface area contributed by atoms with Gasteiger partial charge in [-0.25, -0.2) is 9.69 Å². The maximum absolute atomic E-state index is 13.3. The lowest BCUT2D eigenvalue weighted by Crippen LogP contribution is -2.52. The Kier molecular flexibility index (Phi) is 4.53. The third-order valence-electron chi connectivity index (χ3n) is 6.14. The molecule has 1 saturated heterocycles. The number of fused-ring (bicyclic) bond motifs is 1. The molecule has 3 aliphatic rings. The van der Waals surface area contributed by atoms with Crippen LogP contribution in [0.5, 0.6) is 0 Å². The number of nitrogens with zero attached hydrogens (tertiary/aromatic N) is 2. The highest BCUT2D eigenvalue weighted by molar-refractivity contribution is 9.10. The molecule has 1 aliphatic carbocycles. The summed E-state index contributed by atoms with van der Waals surface area (Å²) in [5.41, 5.74) is 2.35. The van der Waals surface area contributed by atoms with Gasteiger partial charge in [-0.3, -0.25) is 9.59 Å². The number of aryl methyl sites for hydroxylation is 2. The first-order valence-electron chi connectivity index (χ1n) is 9.60. The first-order valence-corrected chi connectivity index (χ1v) is 10.4. The predicted molar refractivity (Wildman–Crippen MR) is 106 cm³/mol. The van der Waals surface area contributed by atoms with Gasteiger partial charge in [-0.15, -0.1) is 0 Å². The summed E-state index contributed by atoms with van der Waals surface area (Å²) in [5.74, 6) is -0.446. The van der Waals surface area contributed by atoms with E-state index in [-0.39, 0.29) is 11.8 Å². The van der Waals surface area contributed by atoms with E-state index in [1.165, 1.54) is 0 Å². The zero-order chi connectivity index (χ0) is 19.3. The highest BCUT2D eigenvalue weighted by atomic mass is 79.9. The Morgan fingerprint density at radius 3 is 2.63 bits per heavy atom. The summed E-state index contributed by atoms with van der Waals surface area (Å²) in [5, 5.41) is 2.86. The Morgan fingerprint density at radius 2 is 1.93 bits per heavy atom. The van der Waals surface area contributed by atoms with Crippen LogP contribution < -0.4 is 10.2 Å². The summed E-state index contributed by atoms with van der Waals surface area (Å²) < 4.78 is 0.952. The number of benzene rings is 1. The topological polar surface area (TPSA) is 69.7 Å². The van der Waals surface area contributed by atoms with E-state index in [9.17, 15) is 14.4 Å². The lowest BCUT2D eigenvalue weighted by Gasteiger charge is -2.34. The van der Waals surface area contributed by atoms with Crippen molar-refractivity contribution in [1.29, 1.82) is 0 Å². The monoisotopic (exact) mass is 433 g/mol. The van der Waals surface area contributed by atoms with Crippen LogP contribution in [0.1, 0.15) is 50.2 Å². The number of anilines is 1. The highest BCUT2D eigenvalue weighted by Gasteiger charge is 2.55. The van der Waals surface area contributed by atoms with Crippen LogP contribution in [0.4, 0.5) is 10.5 Å². The molecule has 2 heterocycles. The molecule has 7 heteroatoms. The van der Waals surface area contributed by atoms with Crippen molar-refractivity contribution in [1.82, 2.24) is 10.2 Å².